The van der Waals surface area contributed by atoms with Gasteiger partial charge in [0.25, 0.3) is 5.91 Å². The number of hydrogen-bond acceptors (Lipinski definition) is 4. The molecule has 1 saturated heterocycles. The van der Waals surface area contributed by atoms with Crippen LogP contribution in [0.3, 0.4) is 0 Å². The number of carbonyl (C=O) groups excluding carboxylic acids is 1. The van der Waals surface area contributed by atoms with Crippen molar-refractivity contribution >= 4 is 16.8 Å². The molecule has 0 spiro atoms. The Hall–Kier alpha value is -1.96. The smallest absolute Gasteiger partial charge is 0.270 e. The van der Waals surface area contributed by atoms with E-state index in [0.717, 1.165) is 29.6 Å². The molecule has 0 saturated carbocycles. The number of nitrogens with zero attached hydrogens (tertiary/aromatic N) is 3. The van der Waals surface area contributed by atoms with Gasteiger partial charge in [-0.1, -0.05) is 0 Å². The second-order valence-corrected chi connectivity index (χ2v) is 7.86. The predicted octanol–water partition coefficient (Wildman–Crippen LogP) is 1.88. The minimum atomic E-state index is -0.305. The van der Waals surface area contributed by atoms with Gasteiger partial charge in [0, 0.05) is 63.8 Å². The SMILES string of the molecule is COCCN(C)CC1CN(C(=O)c2c(C)c3cc(F)ccc3n2C)CC1CO. The van der Waals surface area contributed by atoms with E-state index < -0.39 is 0 Å². The number of methoxy groups -OCH3 is 1. The van der Waals surface area contributed by atoms with Gasteiger partial charge in [0.05, 0.1) is 6.61 Å². The Labute approximate surface area is 165 Å². The fourth-order valence-electron chi connectivity index (χ4n) is 4.31. The Bertz CT molecular complexity index is 851. The van der Waals surface area contributed by atoms with E-state index in [1.54, 1.807) is 13.2 Å². The largest absolute Gasteiger partial charge is 0.396 e. The summed E-state index contributed by atoms with van der Waals surface area (Å²) in [5, 5.41) is 10.6. The van der Waals surface area contributed by atoms with Gasteiger partial charge in [-0.05, 0) is 43.7 Å². The lowest BCUT2D eigenvalue weighted by Crippen LogP contribution is -2.34. The van der Waals surface area contributed by atoms with Crippen molar-refractivity contribution < 1.29 is 19.0 Å². The van der Waals surface area contributed by atoms with Gasteiger partial charge >= 0.3 is 0 Å². The van der Waals surface area contributed by atoms with Crippen LogP contribution in [-0.4, -0.2) is 78.9 Å². The van der Waals surface area contributed by atoms with Crippen LogP contribution in [0.4, 0.5) is 4.39 Å². The number of ether oxygens (including phenoxy) is 1. The molecular weight excluding hydrogens is 361 g/mol. The van der Waals surface area contributed by atoms with Gasteiger partial charge in [-0.2, -0.15) is 0 Å². The number of carbonyl (C=O) groups is 1. The monoisotopic (exact) mass is 391 g/mol. The van der Waals surface area contributed by atoms with Gasteiger partial charge < -0.3 is 24.2 Å². The van der Waals surface area contributed by atoms with Crippen molar-refractivity contribution in [2.24, 2.45) is 18.9 Å². The molecule has 2 aromatic rings. The lowest BCUT2D eigenvalue weighted by molar-refractivity contribution is 0.0769. The Balaban J connectivity index is 1.80. The molecule has 1 fully saturated rings. The Morgan fingerprint density at radius 1 is 1.36 bits per heavy atom. The van der Waals surface area contributed by atoms with Crippen LogP contribution >= 0.6 is 0 Å². The van der Waals surface area contributed by atoms with Crippen LogP contribution in [0, 0.1) is 24.6 Å². The molecule has 1 aromatic carbocycles. The minimum absolute atomic E-state index is 0.0568. The van der Waals surface area contributed by atoms with Crippen molar-refractivity contribution in [3.8, 4) is 0 Å². The first-order valence-corrected chi connectivity index (χ1v) is 9.69. The maximum Gasteiger partial charge on any atom is 0.270 e. The van der Waals surface area contributed by atoms with E-state index >= 15 is 0 Å². The van der Waals surface area contributed by atoms with Crippen LogP contribution in [0.1, 0.15) is 16.1 Å². The molecule has 1 aromatic heterocycles. The van der Waals surface area contributed by atoms with Gasteiger partial charge in [0.1, 0.15) is 11.5 Å². The van der Waals surface area contributed by atoms with Crippen molar-refractivity contribution in [1.82, 2.24) is 14.4 Å². The Kier molecular flexibility index (Phi) is 6.37. The van der Waals surface area contributed by atoms with Crippen LogP contribution in [0.5, 0.6) is 0 Å². The lowest BCUT2D eigenvalue weighted by atomic mass is 9.96. The summed E-state index contributed by atoms with van der Waals surface area (Å²) in [5.41, 5.74) is 2.23. The van der Waals surface area contributed by atoms with Gasteiger partial charge in [-0.3, -0.25) is 4.79 Å². The first-order valence-electron chi connectivity index (χ1n) is 9.69. The van der Waals surface area contributed by atoms with Gasteiger partial charge in [0.15, 0.2) is 0 Å². The molecule has 1 N–H and O–H groups in total. The number of fused-ring (bicyclic) bond motifs is 1. The van der Waals surface area contributed by atoms with Crippen molar-refractivity contribution in [1.29, 1.82) is 0 Å². The third-order valence-electron chi connectivity index (χ3n) is 5.94. The van der Waals surface area contributed by atoms with Crippen molar-refractivity contribution in [2.75, 3.05) is 53.6 Å². The maximum absolute atomic E-state index is 13.7. The van der Waals surface area contributed by atoms with Crippen LogP contribution in [0.25, 0.3) is 10.9 Å². The highest BCUT2D eigenvalue weighted by Gasteiger charge is 2.37. The summed E-state index contributed by atoms with van der Waals surface area (Å²) in [5.74, 6) is -0.0948. The molecule has 1 amide bonds. The summed E-state index contributed by atoms with van der Waals surface area (Å²) in [6, 6.07) is 4.61. The first kappa shape index (κ1) is 20.8. The summed E-state index contributed by atoms with van der Waals surface area (Å²) in [6.45, 7) is 5.34. The molecule has 7 heteroatoms. The fourth-order valence-corrected chi connectivity index (χ4v) is 4.31. The highest BCUT2D eigenvalue weighted by molar-refractivity contribution is 6.01. The third kappa shape index (κ3) is 3.92. The Morgan fingerprint density at radius 3 is 2.75 bits per heavy atom. The number of likely N-dealkylation sites (N-methyl/N-ethyl adjacent to an activating group) is 1. The summed E-state index contributed by atoms with van der Waals surface area (Å²) in [6.07, 6.45) is 0. The van der Waals surface area contributed by atoms with Crippen LogP contribution in [0.2, 0.25) is 0 Å². The molecular formula is C21H30FN3O3. The molecule has 2 heterocycles. The van der Waals surface area contributed by atoms with Crippen LogP contribution in [0.15, 0.2) is 18.2 Å². The molecule has 154 valence electrons. The number of aryl methyl sites for hydroxylation is 2. The summed E-state index contributed by atoms with van der Waals surface area (Å²) < 4.78 is 20.6. The third-order valence-corrected chi connectivity index (χ3v) is 5.94. The van der Waals surface area contributed by atoms with Gasteiger partial charge in [-0.25, -0.2) is 4.39 Å². The summed E-state index contributed by atoms with van der Waals surface area (Å²) in [7, 11) is 5.55. The second-order valence-electron chi connectivity index (χ2n) is 7.86. The lowest BCUT2D eigenvalue weighted by Gasteiger charge is -2.23. The minimum Gasteiger partial charge on any atom is -0.396 e. The van der Waals surface area contributed by atoms with Crippen LogP contribution < -0.4 is 0 Å². The van der Waals surface area contributed by atoms with Crippen LogP contribution in [-0.2, 0) is 11.8 Å². The van der Waals surface area contributed by atoms with E-state index in [9.17, 15) is 14.3 Å². The average molecular weight is 391 g/mol. The van der Waals surface area contributed by atoms with E-state index in [2.05, 4.69) is 4.90 Å². The Morgan fingerprint density at radius 2 is 2.07 bits per heavy atom. The summed E-state index contributed by atoms with van der Waals surface area (Å²) >= 11 is 0. The zero-order valence-corrected chi connectivity index (χ0v) is 17.1. The molecule has 0 bridgehead atoms. The average Bonchev–Trinajstić information content (AvgIpc) is 3.18. The van der Waals surface area contributed by atoms with Gasteiger partial charge in [-0.15, -0.1) is 0 Å². The number of halogens is 1. The molecule has 2 atom stereocenters. The zero-order valence-electron chi connectivity index (χ0n) is 17.1. The number of aliphatic hydroxyl groups is 1. The standard InChI is InChI=1S/C21H30FN3O3/c1-14-18-9-17(22)5-6-19(18)24(3)20(14)21(27)25-11-15(16(12-25)13-26)10-23(2)7-8-28-4/h5-6,9,15-16,26H,7-8,10-13H2,1-4H3. The number of aromatic nitrogens is 1. The predicted molar refractivity (Wildman–Crippen MR) is 107 cm³/mol. The number of likely N-dealkylation sites (tertiary alicyclic amines) is 1. The number of hydrogen-bond donors (Lipinski definition) is 1. The van der Waals surface area contributed by atoms with E-state index in [4.69, 9.17) is 4.74 Å². The zero-order chi connectivity index (χ0) is 20.4. The van der Waals surface area contributed by atoms with E-state index in [-0.39, 0.29) is 30.2 Å². The quantitative estimate of drug-likeness (QED) is 0.783. The highest BCUT2D eigenvalue weighted by Crippen LogP contribution is 2.30. The molecule has 0 radical (unpaired) electrons. The number of amides is 1. The normalized spacial score (nSPS) is 19.9. The first-order chi connectivity index (χ1) is 13.4. The molecule has 6 nitrogen and oxygen atoms in total. The highest BCUT2D eigenvalue weighted by atomic mass is 19.1. The number of benzene rings is 1. The van der Waals surface area contributed by atoms with Crippen molar-refractivity contribution in [3.63, 3.8) is 0 Å². The van der Waals surface area contributed by atoms with Crippen molar-refractivity contribution in [3.05, 3.63) is 35.3 Å². The van der Waals surface area contributed by atoms with E-state index in [1.807, 2.05) is 30.5 Å². The van der Waals surface area contributed by atoms with Gasteiger partial charge in [0.2, 0.25) is 0 Å². The fraction of sp³-hybridized carbons (Fsp3) is 0.571. The molecule has 0 aliphatic carbocycles. The molecule has 1 aliphatic heterocycles. The molecule has 28 heavy (non-hydrogen) atoms. The van der Waals surface area contributed by atoms with E-state index in [1.165, 1.54) is 12.1 Å². The topological polar surface area (TPSA) is 57.9 Å². The number of rotatable bonds is 7. The van der Waals surface area contributed by atoms with Crippen molar-refractivity contribution in [2.45, 2.75) is 6.92 Å². The maximum atomic E-state index is 13.7. The number of aliphatic hydroxyl groups excluding tert-OH is 1. The second kappa shape index (κ2) is 8.59. The van der Waals surface area contributed by atoms with E-state index in [0.29, 0.717) is 25.4 Å². The summed E-state index contributed by atoms with van der Waals surface area (Å²) in [4.78, 5) is 17.3. The molecule has 2 unspecified atom stereocenters. The molecule has 3 rings (SSSR count). The molecule has 1 aliphatic rings.